The SMILES string of the molecule is Cn1c(=O)cc(-c2cccc(Cl)n2)c2cc(C(O)c3ccc(Cl)cc3)ncc21.Cn1ccnc1. The van der Waals surface area contributed by atoms with Crippen LogP contribution in [0, 0.1) is 0 Å². The Morgan fingerprint density at radius 3 is 2.41 bits per heavy atom. The summed E-state index contributed by atoms with van der Waals surface area (Å²) in [6, 6.07) is 15.4. The summed E-state index contributed by atoms with van der Waals surface area (Å²) in [5, 5.41) is 12.4. The smallest absolute Gasteiger partial charge is 0.251 e. The predicted molar refractivity (Wildman–Crippen MR) is 134 cm³/mol. The molecule has 7 nitrogen and oxygen atoms in total. The van der Waals surface area contributed by atoms with Crippen LogP contribution in [0.3, 0.4) is 0 Å². The van der Waals surface area contributed by atoms with E-state index >= 15 is 0 Å². The molecule has 9 heteroatoms. The maximum absolute atomic E-state index is 12.4. The van der Waals surface area contributed by atoms with E-state index < -0.39 is 6.10 Å². The van der Waals surface area contributed by atoms with Gasteiger partial charge in [0, 0.05) is 48.5 Å². The Kier molecular flexibility index (Phi) is 7.07. The number of aryl methyl sites for hydroxylation is 2. The van der Waals surface area contributed by atoms with E-state index in [1.54, 1.807) is 74.3 Å². The predicted octanol–water partition coefficient (Wildman–Crippen LogP) is 4.80. The van der Waals surface area contributed by atoms with Crippen molar-refractivity contribution >= 4 is 34.1 Å². The number of imidazole rings is 1. The van der Waals surface area contributed by atoms with Crippen molar-refractivity contribution in [2.45, 2.75) is 6.10 Å². The van der Waals surface area contributed by atoms with Crippen molar-refractivity contribution in [3.8, 4) is 11.3 Å². The minimum absolute atomic E-state index is 0.183. The van der Waals surface area contributed by atoms with Gasteiger partial charge in [0.2, 0.25) is 0 Å². The third-order valence-electron chi connectivity index (χ3n) is 5.25. The van der Waals surface area contributed by atoms with Crippen LogP contribution in [0.4, 0.5) is 0 Å². The van der Waals surface area contributed by atoms with E-state index in [0.29, 0.717) is 38.2 Å². The zero-order valence-corrected chi connectivity index (χ0v) is 19.9. The molecule has 1 N–H and O–H groups in total. The van der Waals surface area contributed by atoms with Crippen molar-refractivity contribution in [2.24, 2.45) is 14.1 Å². The topological polar surface area (TPSA) is 85.8 Å². The maximum atomic E-state index is 12.4. The lowest BCUT2D eigenvalue weighted by molar-refractivity contribution is 0.215. The molecule has 0 aliphatic heterocycles. The summed E-state index contributed by atoms with van der Waals surface area (Å²) in [5.41, 5.74) is 2.79. The average molecular weight is 494 g/mol. The van der Waals surface area contributed by atoms with Gasteiger partial charge in [0.1, 0.15) is 11.3 Å². The molecule has 34 heavy (non-hydrogen) atoms. The number of rotatable bonds is 3. The van der Waals surface area contributed by atoms with Gasteiger partial charge in [0.15, 0.2) is 0 Å². The number of aliphatic hydroxyl groups excluding tert-OH is 1. The molecule has 0 radical (unpaired) electrons. The molecule has 172 valence electrons. The first-order chi connectivity index (χ1) is 16.3. The van der Waals surface area contributed by atoms with Gasteiger partial charge < -0.3 is 14.2 Å². The highest BCUT2D eigenvalue weighted by molar-refractivity contribution is 6.30. The summed E-state index contributed by atoms with van der Waals surface area (Å²) in [4.78, 5) is 24.9. The van der Waals surface area contributed by atoms with Crippen LogP contribution in [-0.4, -0.2) is 29.2 Å². The molecule has 0 amide bonds. The number of aliphatic hydroxyl groups is 1. The second kappa shape index (κ2) is 10.2. The van der Waals surface area contributed by atoms with Gasteiger partial charge in [-0.25, -0.2) is 9.97 Å². The van der Waals surface area contributed by atoms with Crippen molar-refractivity contribution in [1.82, 2.24) is 24.1 Å². The molecule has 1 aromatic carbocycles. The van der Waals surface area contributed by atoms with Crippen LogP contribution in [0.15, 0.2) is 84.3 Å². The number of nitrogens with zero attached hydrogens (tertiary/aromatic N) is 5. The van der Waals surface area contributed by atoms with Crippen LogP contribution >= 0.6 is 23.2 Å². The van der Waals surface area contributed by atoms with Crippen LogP contribution < -0.4 is 5.56 Å². The molecule has 4 heterocycles. The van der Waals surface area contributed by atoms with Crippen molar-refractivity contribution in [1.29, 1.82) is 0 Å². The lowest BCUT2D eigenvalue weighted by atomic mass is 10.0. The van der Waals surface area contributed by atoms with E-state index in [2.05, 4.69) is 15.0 Å². The van der Waals surface area contributed by atoms with Gasteiger partial charge in [0.05, 0.1) is 29.4 Å². The summed E-state index contributed by atoms with van der Waals surface area (Å²) in [6.07, 6.45) is 6.04. The Hall–Kier alpha value is -3.52. The molecule has 0 fully saturated rings. The molecule has 1 unspecified atom stereocenters. The Balaban J connectivity index is 0.000000398. The number of benzene rings is 1. The van der Waals surface area contributed by atoms with Gasteiger partial charge in [-0.2, -0.15) is 0 Å². The van der Waals surface area contributed by atoms with Crippen molar-refractivity contribution in [3.05, 3.63) is 111 Å². The van der Waals surface area contributed by atoms with E-state index in [-0.39, 0.29) is 5.56 Å². The second-order valence-corrected chi connectivity index (χ2v) is 8.43. The number of hydrogen-bond acceptors (Lipinski definition) is 5. The normalized spacial score (nSPS) is 11.7. The molecule has 0 aliphatic carbocycles. The summed E-state index contributed by atoms with van der Waals surface area (Å²) < 4.78 is 3.40. The third kappa shape index (κ3) is 5.17. The quantitative estimate of drug-likeness (QED) is 0.364. The van der Waals surface area contributed by atoms with Gasteiger partial charge >= 0.3 is 0 Å². The van der Waals surface area contributed by atoms with Crippen LogP contribution in [0.1, 0.15) is 17.4 Å². The second-order valence-electron chi connectivity index (χ2n) is 7.61. The molecule has 0 aliphatic rings. The van der Waals surface area contributed by atoms with Gasteiger partial charge in [-0.05, 0) is 35.9 Å². The van der Waals surface area contributed by atoms with Gasteiger partial charge in [0.25, 0.3) is 5.56 Å². The molecule has 0 bridgehead atoms. The highest BCUT2D eigenvalue weighted by Crippen LogP contribution is 2.30. The van der Waals surface area contributed by atoms with E-state index in [1.807, 2.05) is 17.8 Å². The fourth-order valence-corrected chi connectivity index (χ4v) is 3.72. The lowest BCUT2D eigenvalue weighted by Crippen LogP contribution is -2.17. The number of fused-ring (bicyclic) bond motifs is 1. The Morgan fingerprint density at radius 1 is 1.03 bits per heavy atom. The number of pyridine rings is 3. The van der Waals surface area contributed by atoms with Crippen molar-refractivity contribution < 1.29 is 5.11 Å². The zero-order chi connectivity index (χ0) is 24.2. The minimum Gasteiger partial charge on any atom is -0.382 e. The third-order valence-corrected chi connectivity index (χ3v) is 5.71. The highest BCUT2D eigenvalue weighted by atomic mass is 35.5. The number of aromatic nitrogens is 5. The zero-order valence-electron chi connectivity index (χ0n) is 18.4. The molecule has 0 saturated carbocycles. The fraction of sp³-hybridized carbons (Fsp3) is 0.120. The van der Waals surface area contributed by atoms with Crippen LogP contribution in [0.25, 0.3) is 22.2 Å². The maximum Gasteiger partial charge on any atom is 0.251 e. The molecule has 0 saturated heterocycles. The molecule has 0 spiro atoms. The van der Waals surface area contributed by atoms with Crippen LogP contribution in [0.2, 0.25) is 10.2 Å². The van der Waals surface area contributed by atoms with E-state index in [0.717, 1.165) is 5.39 Å². The lowest BCUT2D eigenvalue weighted by Gasteiger charge is -2.14. The average Bonchev–Trinajstić information content (AvgIpc) is 3.32. The molecular formula is C25H21Cl2N5O2. The highest BCUT2D eigenvalue weighted by Gasteiger charge is 2.16. The van der Waals surface area contributed by atoms with Crippen LogP contribution in [-0.2, 0) is 14.1 Å². The summed E-state index contributed by atoms with van der Waals surface area (Å²) in [5.74, 6) is 0. The number of hydrogen-bond donors (Lipinski definition) is 1. The first-order valence-corrected chi connectivity index (χ1v) is 11.1. The first kappa shape index (κ1) is 23.6. The van der Waals surface area contributed by atoms with Crippen molar-refractivity contribution in [2.75, 3.05) is 0 Å². The minimum atomic E-state index is -0.931. The molecule has 5 aromatic rings. The molecule has 5 rings (SSSR count). The van der Waals surface area contributed by atoms with E-state index in [1.165, 1.54) is 10.6 Å². The van der Waals surface area contributed by atoms with Gasteiger partial charge in [-0.15, -0.1) is 0 Å². The Morgan fingerprint density at radius 2 is 1.79 bits per heavy atom. The van der Waals surface area contributed by atoms with Crippen molar-refractivity contribution in [3.63, 3.8) is 0 Å². The Labute approximate surface area is 205 Å². The van der Waals surface area contributed by atoms with Crippen LogP contribution in [0.5, 0.6) is 0 Å². The first-order valence-electron chi connectivity index (χ1n) is 10.3. The van der Waals surface area contributed by atoms with Gasteiger partial charge in [-0.3, -0.25) is 9.78 Å². The standard InChI is InChI=1S/C21H15Cl2N3O2.C4H6N2/c1-26-18-11-24-17(21(28)12-5-7-13(22)8-6-12)9-15(18)14(10-20(26)27)16-3-2-4-19(23)25-16;1-6-3-2-5-4-6/h2-11,21,28H,1H3;2-4H,1H3. The van der Waals surface area contributed by atoms with E-state index in [9.17, 15) is 9.90 Å². The van der Waals surface area contributed by atoms with Gasteiger partial charge in [-0.1, -0.05) is 41.4 Å². The van der Waals surface area contributed by atoms with E-state index in [4.69, 9.17) is 23.2 Å². The molecular weight excluding hydrogens is 473 g/mol. The summed E-state index contributed by atoms with van der Waals surface area (Å²) in [7, 11) is 3.61. The summed E-state index contributed by atoms with van der Waals surface area (Å²) in [6.45, 7) is 0. The number of halogens is 2. The fourth-order valence-electron chi connectivity index (χ4n) is 3.43. The summed E-state index contributed by atoms with van der Waals surface area (Å²) >= 11 is 12.0. The molecule has 4 aromatic heterocycles. The Bertz CT molecular complexity index is 1480. The largest absolute Gasteiger partial charge is 0.382 e. The monoisotopic (exact) mass is 493 g/mol. The molecule has 1 atom stereocenters.